The Morgan fingerprint density at radius 2 is 1.93 bits per heavy atom. The van der Waals surface area contributed by atoms with Gasteiger partial charge in [-0.2, -0.15) is 5.10 Å². The summed E-state index contributed by atoms with van der Waals surface area (Å²) < 4.78 is 25.0. The number of ether oxygens (including phenoxy) is 2. The molecule has 1 fully saturated rings. The lowest BCUT2D eigenvalue weighted by atomic mass is 10.1. The molecule has 5 nitrogen and oxygen atoms in total. The van der Waals surface area contributed by atoms with E-state index in [0.717, 1.165) is 24.0 Å². The van der Waals surface area contributed by atoms with Crippen molar-refractivity contribution in [2.75, 3.05) is 13.3 Å². The van der Waals surface area contributed by atoms with Gasteiger partial charge in [-0.05, 0) is 44.7 Å². The summed E-state index contributed by atoms with van der Waals surface area (Å²) in [5, 5.41) is 4.17. The van der Waals surface area contributed by atoms with Crippen LogP contribution < -0.4 is 10.3 Å². The van der Waals surface area contributed by atoms with Crippen LogP contribution in [0.15, 0.2) is 35.3 Å². The van der Waals surface area contributed by atoms with Crippen molar-refractivity contribution in [2.45, 2.75) is 51.4 Å². The van der Waals surface area contributed by atoms with Crippen molar-refractivity contribution < 1.29 is 13.9 Å². The van der Waals surface area contributed by atoms with Gasteiger partial charge < -0.3 is 9.47 Å². The highest BCUT2D eigenvalue weighted by molar-refractivity contribution is 6.31. The Kier molecular flexibility index (Phi) is 5.58. The van der Waals surface area contributed by atoms with E-state index in [4.69, 9.17) is 21.1 Å². The van der Waals surface area contributed by atoms with Crippen LogP contribution in [0.4, 0.5) is 4.39 Å². The first-order chi connectivity index (χ1) is 12.8. The van der Waals surface area contributed by atoms with Crippen molar-refractivity contribution in [3.63, 3.8) is 0 Å². The normalized spacial score (nSPS) is 15.6. The summed E-state index contributed by atoms with van der Waals surface area (Å²) in [5.74, 6) is 0.260. The van der Waals surface area contributed by atoms with Crippen LogP contribution in [0, 0.1) is 0 Å². The van der Waals surface area contributed by atoms with E-state index in [1.807, 2.05) is 45.0 Å². The predicted octanol–water partition coefficient (Wildman–Crippen LogP) is 4.21. The van der Waals surface area contributed by atoms with Crippen LogP contribution in [0.2, 0.25) is 5.02 Å². The van der Waals surface area contributed by atoms with Crippen molar-refractivity contribution in [2.24, 2.45) is 0 Å². The molecule has 0 radical (unpaired) electrons. The summed E-state index contributed by atoms with van der Waals surface area (Å²) in [7, 11) is 0. The van der Waals surface area contributed by atoms with E-state index in [1.54, 1.807) is 0 Å². The minimum Gasteiger partial charge on any atom is -0.485 e. The van der Waals surface area contributed by atoms with Crippen LogP contribution in [0.25, 0.3) is 0 Å². The zero-order chi connectivity index (χ0) is 19.7. The van der Waals surface area contributed by atoms with Crippen molar-refractivity contribution >= 4 is 11.6 Å². The number of rotatable bonds is 7. The molecular formula is C20H24ClFN2O3. The molecule has 0 aliphatic heterocycles. The van der Waals surface area contributed by atoms with Crippen molar-refractivity contribution in [3.05, 3.63) is 57.0 Å². The van der Waals surface area contributed by atoms with E-state index >= 15 is 0 Å². The van der Waals surface area contributed by atoms with Crippen LogP contribution >= 0.6 is 11.6 Å². The quantitative estimate of drug-likeness (QED) is 0.706. The number of alkyl halides is 1. The zero-order valence-electron chi connectivity index (χ0n) is 15.8. The molecule has 0 amide bonds. The number of nitrogens with zero attached hydrogens (tertiary/aromatic N) is 2. The molecule has 0 unspecified atom stereocenters. The van der Waals surface area contributed by atoms with Gasteiger partial charge in [0, 0.05) is 0 Å². The molecule has 0 saturated heterocycles. The van der Waals surface area contributed by atoms with Crippen LogP contribution in [0.1, 0.15) is 44.7 Å². The topological polar surface area (TPSA) is 53.4 Å². The largest absolute Gasteiger partial charge is 0.485 e. The fourth-order valence-corrected chi connectivity index (χ4v) is 3.11. The molecule has 0 spiro atoms. The molecule has 2 aromatic rings. The molecule has 0 bridgehead atoms. The molecule has 0 N–H and O–H groups in total. The van der Waals surface area contributed by atoms with Gasteiger partial charge in [0.05, 0.1) is 23.9 Å². The molecule has 1 aliphatic rings. The highest BCUT2D eigenvalue weighted by Gasteiger charge is 2.45. The number of benzene rings is 1. The van der Waals surface area contributed by atoms with E-state index in [0.29, 0.717) is 0 Å². The maximum absolute atomic E-state index is 12.4. The van der Waals surface area contributed by atoms with Gasteiger partial charge in [-0.3, -0.25) is 4.79 Å². The SMILES string of the molecule is CC(C)(C)n1ncc(OCc2ccc(C3(OCCF)CC3)cc2)c(Cl)c1=O. The van der Waals surface area contributed by atoms with Gasteiger partial charge in [0.2, 0.25) is 0 Å². The summed E-state index contributed by atoms with van der Waals surface area (Å²) in [6, 6.07) is 7.82. The first-order valence-corrected chi connectivity index (χ1v) is 9.35. The van der Waals surface area contributed by atoms with Gasteiger partial charge in [0.15, 0.2) is 10.8 Å². The second kappa shape index (κ2) is 7.60. The number of hydrogen-bond donors (Lipinski definition) is 0. The van der Waals surface area contributed by atoms with E-state index in [2.05, 4.69) is 5.10 Å². The Morgan fingerprint density at radius 3 is 2.48 bits per heavy atom. The Labute approximate surface area is 163 Å². The standard InChI is InChI=1S/C20H24ClFN2O3/c1-19(2,3)24-18(25)17(21)16(12-23-24)26-13-14-4-6-15(7-5-14)20(8-9-20)27-11-10-22/h4-7,12H,8-11,13H2,1-3H3. The number of hydrogen-bond acceptors (Lipinski definition) is 4. The van der Waals surface area contributed by atoms with E-state index in [1.165, 1.54) is 10.9 Å². The highest BCUT2D eigenvalue weighted by atomic mass is 35.5. The van der Waals surface area contributed by atoms with E-state index < -0.39 is 12.2 Å². The lowest BCUT2D eigenvalue weighted by Crippen LogP contribution is -2.36. The second-order valence-corrected chi connectivity index (χ2v) is 8.11. The summed E-state index contributed by atoms with van der Waals surface area (Å²) in [5.41, 5.74) is 0.815. The Hall–Kier alpha value is -1.92. The highest BCUT2D eigenvalue weighted by Crippen LogP contribution is 2.49. The smallest absolute Gasteiger partial charge is 0.289 e. The molecule has 3 rings (SSSR count). The third-order valence-corrected chi connectivity index (χ3v) is 4.90. The van der Waals surface area contributed by atoms with Crippen LogP contribution in [-0.2, 0) is 22.5 Å². The molecule has 146 valence electrons. The third kappa shape index (κ3) is 4.33. The Morgan fingerprint density at radius 1 is 1.26 bits per heavy atom. The van der Waals surface area contributed by atoms with Crippen molar-refractivity contribution in [3.8, 4) is 5.75 Å². The van der Waals surface area contributed by atoms with Crippen molar-refractivity contribution in [1.29, 1.82) is 0 Å². The molecule has 1 heterocycles. The molecule has 1 aromatic carbocycles. The first kappa shape index (κ1) is 19.8. The molecule has 1 saturated carbocycles. The van der Waals surface area contributed by atoms with Gasteiger partial charge >= 0.3 is 0 Å². The number of aromatic nitrogens is 2. The maximum Gasteiger partial charge on any atom is 0.289 e. The molecule has 1 aliphatic carbocycles. The summed E-state index contributed by atoms with van der Waals surface area (Å²) in [4.78, 5) is 12.3. The average molecular weight is 395 g/mol. The minimum absolute atomic E-state index is 0.0214. The van der Waals surface area contributed by atoms with Gasteiger partial charge in [-0.25, -0.2) is 9.07 Å². The van der Waals surface area contributed by atoms with Gasteiger partial charge in [0.1, 0.15) is 13.3 Å². The van der Waals surface area contributed by atoms with Gasteiger partial charge in [-0.1, -0.05) is 35.9 Å². The second-order valence-electron chi connectivity index (χ2n) is 7.73. The van der Waals surface area contributed by atoms with Crippen molar-refractivity contribution in [1.82, 2.24) is 9.78 Å². The average Bonchev–Trinajstić information content (AvgIpc) is 3.42. The maximum atomic E-state index is 12.4. The summed E-state index contributed by atoms with van der Waals surface area (Å²) in [6.45, 7) is 5.54. The predicted molar refractivity (Wildman–Crippen MR) is 102 cm³/mol. The third-order valence-electron chi connectivity index (χ3n) is 4.56. The summed E-state index contributed by atoms with van der Waals surface area (Å²) >= 11 is 6.17. The Bertz CT molecular complexity index is 855. The minimum atomic E-state index is -0.476. The van der Waals surface area contributed by atoms with Crippen LogP contribution in [0.3, 0.4) is 0 Å². The lowest BCUT2D eigenvalue weighted by Gasteiger charge is -2.21. The monoisotopic (exact) mass is 394 g/mol. The van der Waals surface area contributed by atoms with Gasteiger partial charge in [-0.15, -0.1) is 0 Å². The number of halogens is 2. The lowest BCUT2D eigenvalue weighted by molar-refractivity contribution is 0.0221. The first-order valence-electron chi connectivity index (χ1n) is 8.97. The molecule has 7 heteroatoms. The fraction of sp³-hybridized carbons (Fsp3) is 0.500. The van der Waals surface area contributed by atoms with E-state index in [9.17, 15) is 9.18 Å². The van der Waals surface area contributed by atoms with Gasteiger partial charge in [0.25, 0.3) is 5.56 Å². The molecule has 0 atom stereocenters. The molecule has 27 heavy (non-hydrogen) atoms. The fourth-order valence-electron chi connectivity index (χ4n) is 2.93. The summed E-state index contributed by atoms with van der Waals surface area (Å²) in [6.07, 6.45) is 3.29. The molecule has 1 aromatic heterocycles. The molecular weight excluding hydrogens is 371 g/mol. The zero-order valence-corrected chi connectivity index (χ0v) is 16.6. The van der Waals surface area contributed by atoms with E-state index in [-0.39, 0.29) is 35.1 Å². The van der Waals surface area contributed by atoms with Crippen LogP contribution in [0.5, 0.6) is 5.75 Å². The van der Waals surface area contributed by atoms with Crippen LogP contribution in [-0.4, -0.2) is 23.1 Å². The Balaban J connectivity index is 1.67.